The van der Waals surface area contributed by atoms with Crippen molar-refractivity contribution in [2.45, 2.75) is 75.4 Å². The molecule has 44 heavy (non-hydrogen) atoms. The van der Waals surface area contributed by atoms with Gasteiger partial charge in [-0.15, -0.1) is 0 Å². The average Bonchev–Trinajstić information content (AvgIpc) is 3.28. The number of carbonyl (C=O) groups excluding carboxylic acids is 2. The van der Waals surface area contributed by atoms with E-state index in [2.05, 4.69) is 0 Å². The predicted molar refractivity (Wildman–Crippen MR) is 149 cm³/mol. The molecule has 1 aliphatic carbocycles. The van der Waals surface area contributed by atoms with E-state index in [1.54, 1.807) is 12.1 Å². The van der Waals surface area contributed by atoms with Crippen LogP contribution < -0.4 is 0 Å². The Hall–Kier alpha value is -3.08. The summed E-state index contributed by atoms with van der Waals surface area (Å²) in [5.74, 6) is -3.24. The molecular weight excluding hydrogens is 584 g/mol. The molecule has 0 spiro atoms. The highest BCUT2D eigenvalue weighted by molar-refractivity contribution is 5.87. The van der Waals surface area contributed by atoms with Crippen molar-refractivity contribution in [1.82, 2.24) is 0 Å². The fourth-order valence-corrected chi connectivity index (χ4v) is 5.70. The van der Waals surface area contributed by atoms with Crippen LogP contribution in [0.2, 0.25) is 0 Å². The molecule has 0 bridgehead atoms. The number of carbonyl (C=O) groups is 2. The summed E-state index contributed by atoms with van der Waals surface area (Å²) in [5.41, 5.74) is -1.15. The van der Waals surface area contributed by atoms with Crippen molar-refractivity contribution < 1.29 is 69.0 Å². The van der Waals surface area contributed by atoms with E-state index in [0.717, 1.165) is 6.08 Å². The second kappa shape index (κ2) is 14.3. The summed E-state index contributed by atoms with van der Waals surface area (Å²) in [4.78, 5) is 25.3. The molecule has 0 aromatic heterocycles. The number of hydrogen-bond acceptors (Lipinski definition) is 14. The van der Waals surface area contributed by atoms with E-state index in [9.17, 15) is 45.3 Å². The van der Waals surface area contributed by atoms with Crippen molar-refractivity contribution in [2.24, 2.45) is 17.8 Å². The van der Waals surface area contributed by atoms with Crippen molar-refractivity contribution >= 4 is 18.0 Å². The van der Waals surface area contributed by atoms with Gasteiger partial charge in [0.1, 0.15) is 41.9 Å². The van der Waals surface area contributed by atoms with Gasteiger partial charge in [-0.25, -0.2) is 4.79 Å². The third kappa shape index (κ3) is 7.41. The Morgan fingerprint density at radius 1 is 1.05 bits per heavy atom. The number of benzene rings is 1. The molecule has 1 aromatic rings. The minimum absolute atomic E-state index is 0.0331. The summed E-state index contributed by atoms with van der Waals surface area (Å²) in [6.07, 6.45) is -6.33. The number of fused-ring (bicyclic) bond motifs is 1. The van der Waals surface area contributed by atoms with Crippen LogP contribution in [0.4, 0.5) is 0 Å². The van der Waals surface area contributed by atoms with E-state index in [-0.39, 0.29) is 31.1 Å². The minimum atomic E-state index is -2.11. The topological polar surface area (TPSA) is 222 Å². The van der Waals surface area contributed by atoms with Crippen LogP contribution in [0.25, 0.3) is 6.08 Å². The van der Waals surface area contributed by atoms with E-state index in [1.807, 2.05) is 13.8 Å². The molecule has 1 saturated carbocycles. The zero-order valence-corrected chi connectivity index (χ0v) is 24.3. The van der Waals surface area contributed by atoms with Gasteiger partial charge in [-0.1, -0.05) is 26.0 Å². The lowest BCUT2D eigenvalue weighted by Crippen LogP contribution is -2.59. The van der Waals surface area contributed by atoms with Gasteiger partial charge < -0.3 is 59.4 Å². The van der Waals surface area contributed by atoms with Crippen molar-refractivity contribution in [3.63, 3.8) is 0 Å². The predicted octanol–water partition coefficient (Wildman–Crippen LogP) is -0.677. The summed E-state index contributed by atoms with van der Waals surface area (Å²) < 4.78 is 27.9. The lowest BCUT2D eigenvalue weighted by atomic mass is 9.80. The number of ether oxygens (including phenoxy) is 5. The first-order valence-corrected chi connectivity index (χ1v) is 14.3. The first-order valence-electron chi connectivity index (χ1n) is 14.3. The molecule has 0 radical (unpaired) electrons. The summed E-state index contributed by atoms with van der Waals surface area (Å²) in [6, 6.07) is 6.04. The molecule has 10 atom stereocenters. The third-order valence-corrected chi connectivity index (χ3v) is 8.06. The average molecular weight is 625 g/mol. The molecule has 14 heteroatoms. The third-order valence-electron chi connectivity index (χ3n) is 8.06. The largest absolute Gasteiger partial charge is 0.508 e. The molecule has 0 unspecified atom stereocenters. The SMILES string of the molecule is CC(C)CC(=O)O[C@H]1OC=C(CO[C@@H]2O[C@@H](CO)[C@@H](O)[C@H](O)[C@@H]2O)[C@H]2C[C@@H](OC(=O)C=Cc3ccc(O)cc3)[C@](O)(CO)[C@@H]12. The number of phenolic OH excluding ortho intramolecular Hbond substituents is 1. The molecule has 7 N–H and O–H groups in total. The van der Waals surface area contributed by atoms with E-state index < -0.39 is 85.7 Å². The van der Waals surface area contributed by atoms with Gasteiger partial charge in [0.05, 0.1) is 32.0 Å². The van der Waals surface area contributed by atoms with Crippen LogP contribution in [-0.2, 0) is 33.3 Å². The molecule has 2 aliphatic heterocycles. The number of aliphatic hydroxyl groups is 6. The van der Waals surface area contributed by atoms with Crippen LogP contribution in [0.5, 0.6) is 5.75 Å². The zero-order valence-electron chi connectivity index (χ0n) is 24.3. The van der Waals surface area contributed by atoms with Crippen LogP contribution >= 0.6 is 0 Å². The smallest absolute Gasteiger partial charge is 0.331 e. The fourth-order valence-electron chi connectivity index (χ4n) is 5.70. The number of aliphatic hydroxyl groups excluding tert-OH is 5. The standard InChI is InChI=1S/C30H40O14/c1-15(2)9-23(35)44-28-24-19(17(12-40-28)13-41-29-27(38)26(37)25(36)20(11-31)42-29)10-21(30(24,39)14-32)43-22(34)8-5-16-3-6-18(33)7-4-16/h3-8,12,15,19-21,24-29,31-33,36-39H,9-11,13-14H2,1-2H3/t19-,20+,21-,24-,25-,26+,27+,28-,29-,30-/m1/s1. The molecule has 0 amide bonds. The summed E-state index contributed by atoms with van der Waals surface area (Å²) in [5, 5.41) is 71.5. The molecule has 14 nitrogen and oxygen atoms in total. The quantitative estimate of drug-likeness (QED) is 0.120. The van der Waals surface area contributed by atoms with Crippen molar-refractivity contribution in [3.05, 3.63) is 47.7 Å². The van der Waals surface area contributed by atoms with Crippen LogP contribution in [0, 0.1) is 17.8 Å². The van der Waals surface area contributed by atoms with Crippen LogP contribution in [0.15, 0.2) is 42.2 Å². The molecule has 4 rings (SSSR count). The van der Waals surface area contributed by atoms with Gasteiger partial charge in [-0.2, -0.15) is 0 Å². The molecule has 3 aliphatic rings. The van der Waals surface area contributed by atoms with Crippen molar-refractivity contribution in [2.75, 3.05) is 19.8 Å². The van der Waals surface area contributed by atoms with Gasteiger partial charge in [0.15, 0.2) is 6.29 Å². The van der Waals surface area contributed by atoms with Crippen molar-refractivity contribution in [3.8, 4) is 5.75 Å². The second-order valence-corrected chi connectivity index (χ2v) is 11.7. The molecule has 244 valence electrons. The number of hydrogen-bond donors (Lipinski definition) is 7. The van der Waals surface area contributed by atoms with E-state index in [1.165, 1.54) is 24.5 Å². The maximum atomic E-state index is 12.8. The van der Waals surface area contributed by atoms with Gasteiger partial charge in [0, 0.05) is 18.4 Å². The van der Waals surface area contributed by atoms with E-state index >= 15 is 0 Å². The molecular formula is C30H40O14. The number of phenols is 1. The van der Waals surface area contributed by atoms with Crippen LogP contribution in [0.1, 0.15) is 32.3 Å². The Balaban J connectivity index is 1.54. The van der Waals surface area contributed by atoms with Crippen LogP contribution in [-0.4, -0.2) is 116 Å². The van der Waals surface area contributed by atoms with Crippen molar-refractivity contribution in [1.29, 1.82) is 0 Å². The fraction of sp³-hybridized carbons (Fsp3) is 0.600. The lowest BCUT2D eigenvalue weighted by molar-refractivity contribution is -0.299. The minimum Gasteiger partial charge on any atom is -0.508 e. The highest BCUT2D eigenvalue weighted by atomic mass is 16.7. The first-order chi connectivity index (χ1) is 20.9. The Morgan fingerprint density at radius 3 is 2.39 bits per heavy atom. The van der Waals surface area contributed by atoms with E-state index in [0.29, 0.717) is 11.1 Å². The molecule has 2 fully saturated rings. The summed E-state index contributed by atoms with van der Waals surface area (Å²) in [7, 11) is 0. The normalized spacial score (nSPS) is 35.2. The summed E-state index contributed by atoms with van der Waals surface area (Å²) >= 11 is 0. The Bertz CT molecular complexity index is 1200. The van der Waals surface area contributed by atoms with Gasteiger partial charge in [0.2, 0.25) is 6.29 Å². The highest BCUT2D eigenvalue weighted by Crippen LogP contribution is 2.50. The number of rotatable bonds is 11. The maximum absolute atomic E-state index is 12.8. The highest BCUT2D eigenvalue weighted by Gasteiger charge is 2.62. The van der Waals surface area contributed by atoms with E-state index in [4.69, 9.17) is 23.7 Å². The monoisotopic (exact) mass is 624 g/mol. The summed E-state index contributed by atoms with van der Waals surface area (Å²) in [6.45, 7) is 1.81. The lowest BCUT2D eigenvalue weighted by Gasteiger charge is -2.41. The maximum Gasteiger partial charge on any atom is 0.331 e. The van der Waals surface area contributed by atoms with Gasteiger partial charge in [0.25, 0.3) is 0 Å². The zero-order chi connectivity index (χ0) is 32.2. The molecule has 1 aromatic carbocycles. The first kappa shape index (κ1) is 33.8. The number of esters is 2. The Kier molecular flexibility index (Phi) is 11.0. The molecule has 2 heterocycles. The second-order valence-electron chi connectivity index (χ2n) is 11.7. The number of aromatic hydroxyl groups is 1. The van der Waals surface area contributed by atoms with Crippen LogP contribution in [0.3, 0.4) is 0 Å². The Labute approximate surface area is 253 Å². The van der Waals surface area contributed by atoms with Gasteiger partial charge in [-0.05, 0) is 41.7 Å². The van der Waals surface area contributed by atoms with Gasteiger partial charge in [-0.3, -0.25) is 4.79 Å². The Morgan fingerprint density at radius 2 is 1.75 bits per heavy atom. The van der Waals surface area contributed by atoms with Gasteiger partial charge >= 0.3 is 11.9 Å². The molecule has 1 saturated heterocycles.